The molecule has 0 radical (unpaired) electrons. The topological polar surface area (TPSA) is 71.6 Å². The van der Waals surface area contributed by atoms with Crippen molar-refractivity contribution in [1.29, 1.82) is 0 Å². The van der Waals surface area contributed by atoms with Gasteiger partial charge in [0.05, 0.1) is 43.8 Å². The van der Waals surface area contributed by atoms with E-state index in [9.17, 15) is 4.79 Å². The van der Waals surface area contributed by atoms with Gasteiger partial charge in [0.25, 0.3) is 5.91 Å². The van der Waals surface area contributed by atoms with Gasteiger partial charge in [0.2, 0.25) is 0 Å². The molecule has 25 heavy (non-hydrogen) atoms. The summed E-state index contributed by atoms with van der Waals surface area (Å²) in [7, 11) is 3.21. The van der Waals surface area contributed by atoms with Gasteiger partial charge in [-0.15, -0.1) is 0 Å². The zero-order valence-electron chi connectivity index (χ0n) is 14.1. The summed E-state index contributed by atoms with van der Waals surface area (Å²) in [5.41, 5.74) is 4.42. The van der Waals surface area contributed by atoms with Crippen LogP contribution in [-0.2, 0) is 4.79 Å². The number of ether oxygens (including phenoxy) is 2. The lowest BCUT2D eigenvalue weighted by Gasteiger charge is -2.21. The Morgan fingerprint density at radius 3 is 2.52 bits per heavy atom. The van der Waals surface area contributed by atoms with Crippen LogP contribution in [0.15, 0.2) is 53.7 Å². The Balaban J connectivity index is 1.84. The molecule has 1 amide bonds. The average Bonchev–Trinajstić information content (AvgIpc) is 2.91. The molecule has 0 fully saturated rings. The van der Waals surface area contributed by atoms with Gasteiger partial charge >= 0.3 is 0 Å². The highest BCUT2D eigenvalue weighted by molar-refractivity contribution is 6.01. The normalized spacial score (nSPS) is 18.3. The van der Waals surface area contributed by atoms with Crippen molar-refractivity contribution in [2.75, 3.05) is 31.4 Å². The predicted octanol–water partition coefficient (Wildman–Crippen LogP) is 2.67. The van der Waals surface area contributed by atoms with Crippen LogP contribution in [0.1, 0.15) is 11.6 Å². The molecule has 2 aliphatic rings. The first-order chi connectivity index (χ1) is 12.2. The molecule has 4 rings (SSSR count). The fourth-order valence-corrected chi connectivity index (χ4v) is 3.30. The maximum Gasteiger partial charge on any atom is 0.251 e. The van der Waals surface area contributed by atoms with Gasteiger partial charge in [-0.2, -0.15) is 0 Å². The molecule has 0 saturated heterocycles. The van der Waals surface area contributed by atoms with E-state index in [1.807, 2.05) is 42.5 Å². The predicted molar refractivity (Wildman–Crippen MR) is 96.0 cm³/mol. The van der Waals surface area contributed by atoms with Gasteiger partial charge in [-0.3, -0.25) is 4.79 Å². The second kappa shape index (κ2) is 6.05. The zero-order valence-corrected chi connectivity index (χ0v) is 14.1. The number of anilines is 2. The van der Waals surface area contributed by atoms with Crippen molar-refractivity contribution in [3.63, 3.8) is 0 Å². The van der Waals surface area contributed by atoms with E-state index in [1.165, 1.54) is 0 Å². The molecule has 0 bridgehead atoms. The lowest BCUT2D eigenvalue weighted by atomic mass is 9.97. The van der Waals surface area contributed by atoms with Crippen LogP contribution in [-0.4, -0.2) is 26.7 Å². The second-order valence-corrected chi connectivity index (χ2v) is 5.94. The van der Waals surface area contributed by atoms with E-state index >= 15 is 0 Å². The van der Waals surface area contributed by atoms with Crippen LogP contribution in [0, 0.1) is 0 Å². The number of nitrogens with one attached hydrogen (secondary N) is 3. The third-order valence-electron chi connectivity index (χ3n) is 4.54. The molecule has 0 saturated carbocycles. The zero-order chi connectivity index (χ0) is 17.4. The minimum Gasteiger partial charge on any atom is -0.493 e. The van der Waals surface area contributed by atoms with Crippen molar-refractivity contribution < 1.29 is 14.3 Å². The van der Waals surface area contributed by atoms with Crippen LogP contribution >= 0.6 is 0 Å². The Bertz CT molecular complexity index is 876. The number of hydrogen-bond donors (Lipinski definition) is 3. The Kier molecular flexibility index (Phi) is 3.72. The monoisotopic (exact) mass is 337 g/mol. The van der Waals surface area contributed by atoms with Gasteiger partial charge in [-0.25, -0.2) is 0 Å². The van der Waals surface area contributed by atoms with Crippen LogP contribution in [0.3, 0.4) is 0 Å². The van der Waals surface area contributed by atoms with E-state index in [1.54, 1.807) is 14.2 Å². The molecule has 2 aromatic carbocycles. The molecule has 2 heterocycles. The number of hydrogen-bond acceptors (Lipinski definition) is 5. The first-order valence-electron chi connectivity index (χ1n) is 8.07. The molecular weight excluding hydrogens is 318 g/mol. The number of methoxy groups -OCH3 is 2. The Labute approximate surface area is 145 Å². The summed E-state index contributed by atoms with van der Waals surface area (Å²) < 4.78 is 10.7. The molecular formula is C19H19N3O3. The smallest absolute Gasteiger partial charge is 0.251 e. The molecule has 128 valence electrons. The standard InChI is InChI=1S/C19H19N3O3/c1-24-15-8-7-11(9-16(15)25-2)18-17-14(10-20-19(17)23)21-12-5-3-4-6-13(12)22-18/h3-9,18,21-22H,10H2,1-2H3,(H,20,23)/t18-/m0/s1. The fraction of sp³-hybridized carbons (Fsp3) is 0.211. The lowest BCUT2D eigenvalue weighted by molar-refractivity contribution is -0.116. The minimum absolute atomic E-state index is 0.0670. The number of rotatable bonds is 3. The third kappa shape index (κ3) is 2.55. The summed E-state index contributed by atoms with van der Waals surface area (Å²) in [5, 5.41) is 9.77. The van der Waals surface area contributed by atoms with Gasteiger partial charge in [0.1, 0.15) is 0 Å². The fourth-order valence-electron chi connectivity index (χ4n) is 3.30. The van der Waals surface area contributed by atoms with E-state index in [4.69, 9.17) is 9.47 Å². The van der Waals surface area contributed by atoms with Crippen molar-refractivity contribution in [2.24, 2.45) is 0 Å². The van der Waals surface area contributed by atoms with Crippen molar-refractivity contribution in [2.45, 2.75) is 6.04 Å². The third-order valence-corrected chi connectivity index (χ3v) is 4.54. The highest BCUT2D eigenvalue weighted by Gasteiger charge is 2.34. The largest absolute Gasteiger partial charge is 0.493 e. The van der Waals surface area contributed by atoms with E-state index in [0.29, 0.717) is 23.6 Å². The minimum atomic E-state index is -0.284. The first kappa shape index (κ1) is 15.4. The number of fused-ring (bicyclic) bond motifs is 1. The molecule has 0 aliphatic carbocycles. The maximum absolute atomic E-state index is 12.5. The summed E-state index contributed by atoms with van der Waals surface area (Å²) in [6.45, 7) is 0.494. The van der Waals surface area contributed by atoms with E-state index in [-0.39, 0.29) is 11.9 Å². The van der Waals surface area contributed by atoms with E-state index in [2.05, 4.69) is 16.0 Å². The summed E-state index contributed by atoms with van der Waals surface area (Å²) in [5.74, 6) is 1.22. The van der Waals surface area contributed by atoms with Crippen LogP contribution in [0.5, 0.6) is 11.5 Å². The van der Waals surface area contributed by atoms with Crippen LogP contribution in [0.25, 0.3) is 0 Å². The van der Waals surface area contributed by atoms with Crippen molar-refractivity contribution >= 4 is 17.3 Å². The van der Waals surface area contributed by atoms with Crippen molar-refractivity contribution in [1.82, 2.24) is 5.32 Å². The summed E-state index contributed by atoms with van der Waals surface area (Å²) >= 11 is 0. The summed E-state index contributed by atoms with van der Waals surface area (Å²) in [6, 6.07) is 13.3. The highest BCUT2D eigenvalue weighted by Crippen LogP contribution is 2.40. The van der Waals surface area contributed by atoms with E-state index in [0.717, 1.165) is 22.6 Å². The van der Waals surface area contributed by atoms with Gasteiger partial charge in [-0.05, 0) is 29.8 Å². The second-order valence-electron chi connectivity index (χ2n) is 5.94. The van der Waals surface area contributed by atoms with Gasteiger partial charge in [-0.1, -0.05) is 18.2 Å². The molecule has 3 N–H and O–H groups in total. The van der Waals surface area contributed by atoms with E-state index < -0.39 is 0 Å². The van der Waals surface area contributed by atoms with Gasteiger partial charge in [0, 0.05) is 5.70 Å². The highest BCUT2D eigenvalue weighted by atomic mass is 16.5. The average molecular weight is 337 g/mol. The SMILES string of the molecule is COc1ccc([C@@H]2Nc3ccccc3NC3=C2C(=O)NC3)cc1OC. The van der Waals surface area contributed by atoms with Crippen LogP contribution in [0.4, 0.5) is 11.4 Å². The maximum atomic E-state index is 12.5. The number of carbonyl (C=O) groups is 1. The quantitative estimate of drug-likeness (QED) is 0.803. The first-order valence-corrected chi connectivity index (χ1v) is 8.07. The Morgan fingerprint density at radius 2 is 1.76 bits per heavy atom. The molecule has 6 nitrogen and oxygen atoms in total. The molecule has 6 heteroatoms. The van der Waals surface area contributed by atoms with Crippen LogP contribution in [0.2, 0.25) is 0 Å². The summed E-state index contributed by atoms with van der Waals surface area (Å²) in [6.07, 6.45) is 0. The number of carbonyl (C=O) groups excluding carboxylic acids is 1. The molecule has 0 unspecified atom stereocenters. The van der Waals surface area contributed by atoms with Crippen LogP contribution < -0.4 is 25.4 Å². The number of para-hydroxylation sites is 2. The van der Waals surface area contributed by atoms with Gasteiger partial charge < -0.3 is 25.4 Å². The molecule has 0 aromatic heterocycles. The molecule has 0 spiro atoms. The lowest BCUT2D eigenvalue weighted by Crippen LogP contribution is -2.24. The Morgan fingerprint density at radius 1 is 1.00 bits per heavy atom. The Hall–Kier alpha value is -3.15. The molecule has 2 aliphatic heterocycles. The van der Waals surface area contributed by atoms with Gasteiger partial charge in [0.15, 0.2) is 11.5 Å². The number of benzene rings is 2. The molecule has 1 atom stereocenters. The molecule has 2 aromatic rings. The number of amides is 1. The van der Waals surface area contributed by atoms with Crippen molar-refractivity contribution in [3.05, 3.63) is 59.3 Å². The summed E-state index contributed by atoms with van der Waals surface area (Å²) in [4.78, 5) is 12.5. The van der Waals surface area contributed by atoms with Crippen molar-refractivity contribution in [3.8, 4) is 11.5 Å².